The van der Waals surface area contributed by atoms with E-state index in [0.29, 0.717) is 24.3 Å². The van der Waals surface area contributed by atoms with E-state index in [1.54, 1.807) is 54.6 Å². The van der Waals surface area contributed by atoms with Crippen LogP contribution in [0.25, 0.3) is 10.2 Å². The van der Waals surface area contributed by atoms with E-state index in [1.807, 2.05) is 0 Å². The number of amides is 1. The van der Waals surface area contributed by atoms with E-state index in [4.69, 9.17) is 0 Å². The minimum absolute atomic E-state index is 0.0631. The Hall–Kier alpha value is -4.07. The number of hydrogen-bond donors (Lipinski definition) is 2. The van der Waals surface area contributed by atoms with Crippen molar-refractivity contribution in [3.8, 4) is 0 Å². The van der Waals surface area contributed by atoms with Crippen LogP contribution >= 0.6 is 11.3 Å². The molecule has 11 nitrogen and oxygen atoms in total. The molecule has 4 aromatic rings. The highest BCUT2D eigenvalue weighted by molar-refractivity contribution is 7.92. The first-order valence-electron chi connectivity index (χ1n) is 12.3. The van der Waals surface area contributed by atoms with Gasteiger partial charge in [-0.05, 0) is 42.5 Å². The fourth-order valence-electron chi connectivity index (χ4n) is 4.25. The summed E-state index contributed by atoms with van der Waals surface area (Å²) >= 11 is 1.46. The maximum Gasteiger partial charge on any atom is 0.270 e. The quantitative estimate of drug-likeness (QED) is 0.232. The lowest BCUT2D eigenvalue weighted by Crippen LogP contribution is -2.48. The van der Waals surface area contributed by atoms with Gasteiger partial charge in [-0.1, -0.05) is 29.5 Å². The zero-order valence-corrected chi connectivity index (χ0v) is 22.5. The Balaban J connectivity index is 1.07. The minimum Gasteiger partial charge on any atom is -0.351 e. The summed E-state index contributed by atoms with van der Waals surface area (Å²) in [4.78, 5) is 32.4. The number of thiazole rings is 1. The summed E-state index contributed by atoms with van der Waals surface area (Å²) in [6.45, 7) is 4.34. The maximum absolute atomic E-state index is 12.6. The van der Waals surface area contributed by atoms with Crippen LogP contribution in [0.4, 0.5) is 16.5 Å². The predicted octanol–water partition coefficient (Wildman–Crippen LogP) is 3.56. The van der Waals surface area contributed by atoms with Gasteiger partial charge < -0.3 is 10.2 Å². The largest absolute Gasteiger partial charge is 0.351 e. The summed E-state index contributed by atoms with van der Waals surface area (Å²) in [5.41, 5.74) is 1.64. The monoisotopic (exact) mass is 566 g/mol. The molecule has 1 aliphatic rings. The zero-order valence-electron chi connectivity index (χ0n) is 20.8. The van der Waals surface area contributed by atoms with Crippen molar-refractivity contribution in [3.05, 3.63) is 88.5 Å². The van der Waals surface area contributed by atoms with Crippen LogP contribution in [0.5, 0.6) is 0 Å². The van der Waals surface area contributed by atoms with Crippen LogP contribution in [0.2, 0.25) is 0 Å². The molecule has 13 heteroatoms. The molecule has 0 aliphatic carbocycles. The first-order chi connectivity index (χ1) is 18.8. The third kappa shape index (κ3) is 6.33. The summed E-state index contributed by atoms with van der Waals surface area (Å²) < 4.78 is 28.2. The van der Waals surface area contributed by atoms with Crippen LogP contribution < -0.4 is 14.9 Å². The smallest absolute Gasteiger partial charge is 0.270 e. The minimum atomic E-state index is -3.69. The SMILES string of the molecule is O=C(NCCN1CCN(c2nc3ccc([N+](=O)[O-])cc3s2)CC1)c1ccc(NS(=O)(=O)c2ccccc2)cc1. The van der Waals surface area contributed by atoms with Crippen molar-refractivity contribution in [3.63, 3.8) is 0 Å². The van der Waals surface area contributed by atoms with Crippen molar-refractivity contribution in [2.24, 2.45) is 0 Å². The van der Waals surface area contributed by atoms with Crippen LogP contribution in [0.3, 0.4) is 0 Å². The normalized spacial score (nSPS) is 14.3. The molecule has 1 aliphatic heterocycles. The van der Waals surface area contributed by atoms with Gasteiger partial charge in [-0.25, -0.2) is 13.4 Å². The number of sulfonamides is 1. The number of piperazine rings is 1. The molecule has 202 valence electrons. The Morgan fingerprint density at radius 2 is 1.72 bits per heavy atom. The number of nitrogens with one attached hydrogen (secondary N) is 2. The Morgan fingerprint density at radius 3 is 2.41 bits per heavy atom. The van der Waals surface area contributed by atoms with E-state index < -0.39 is 14.9 Å². The van der Waals surface area contributed by atoms with Gasteiger partial charge in [0.25, 0.3) is 21.6 Å². The fourth-order valence-corrected chi connectivity index (χ4v) is 6.38. The summed E-state index contributed by atoms with van der Waals surface area (Å²) in [7, 11) is -3.69. The lowest BCUT2D eigenvalue weighted by Gasteiger charge is -2.34. The molecule has 5 rings (SSSR count). The third-order valence-corrected chi connectivity index (χ3v) is 8.86. The van der Waals surface area contributed by atoms with Crippen LogP contribution in [0, 0.1) is 10.1 Å². The number of rotatable bonds is 9. The van der Waals surface area contributed by atoms with Gasteiger partial charge in [-0.15, -0.1) is 0 Å². The number of hydrogen-bond acceptors (Lipinski definition) is 9. The average molecular weight is 567 g/mol. The van der Waals surface area contributed by atoms with E-state index in [9.17, 15) is 23.3 Å². The molecular weight excluding hydrogens is 540 g/mol. The molecule has 1 aromatic heterocycles. The van der Waals surface area contributed by atoms with E-state index in [-0.39, 0.29) is 16.5 Å². The van der Waals surface area contributed by atoms with Gasteiger partial charge in [0.1, 0.15) is 0 Å². The van der Waals surface area contributed by atoms with Crippen LogP contribution in [-0.4, -0.2) is 68.4 Å². The lowest BCUT2D eigenvalue weighted by atomic mass is 10.2. The van der Waals surface area contributed by atoms with Crippen molar-refractivity contribution in [2.45, 2.75) is 4.90 Å². The Labute approximate surface area is 229 Å². The van der Waals surface area contributed by atoms with Crippen LogP contribution in [0.1, 0.15) is 10.4 Å². The number of carbonyl (C=O) groups is 1. The van der Waals surface area contributed by atoms with Crippen molar-refractivity contribution < 1.29 is 18.1 Å². The van der Waals surface area contributed by atoms with Crippen LogP contribution in [0.15, 0.2) is 77.7 Å². The van der Waals surface area contributed by atoms with Gasteiger partial charge in [0.2, 0.25) is 0 Å². The Bertz CT molecular complexity index is 1580. The predicted molar refractivity (Wildman–Crippen MR) is 151 cm³/mol. The number of nitro groups is 1. The first kappa shape index (κ1) is 26.5. The van der Waals surface area contributed by atoms with E-state index in [0.717, 1.165) is 41.5 Å². The second kappa shape index (κ2) is 11.4. The number of benzene rings is 3. The van der Waals surface area contributed by atoms with Gasteiger partial charge in [-0.3, -0.25) is 24.5 Å². The molecule has 2 N–H and O–H groups in total. The molecule has 0 saturated carbocycles. The highest BCUT2D eigenvalue weighted by Crippen LogP contribution is 2.31. The topological polar surface area (TPSA) is 138 Å². The molecule has 0 bridgehead atoms. The summed E-state index contributed by atoms with van der Waals surface area (Å²) in [6, 6.07) is 19.1. The van der Waals surface area contributed by atoms with Crippen molar-refractivity contribution >= 4 is 54.0 Å². The lowest BCUT2D eigenvalue weighted by molar-refractivity contribution is -0.384. The summed E-state index contributed by atoms with van der Waals surface area (Å²) in [6.07, 6.45) is 0. The Morgan fingerprint density at radius 1 is 1.00 bits per heavy atom. The molecule has 0 spiro atoms. The van der Waals surface area contributed by atoms with Crippen molar-refractivity contribution in [1.82, 2.24) is 15.2 Å². The first-order valence-corrected chi connectivity index (χ1v) is 14.6. The standard InChI is InChI=1S/C26H26N6O5S2/c33-25(19-6-8-20(9-7-19)29-39(36,37)22-4-2-1-3-5-22)27-12-13-30-14-16-31(17-15-30)26-28-23-11-10-21(32(34)35)18-24(23)38-26/h1-11,18,29H,12-17H2,(H,27,33). The number of carbonyl (C=O) groups excluding carboxylic acids is 1. The van der Waals surface area contributed by atoms with Crippen molar-refractivity contribution in [1.29, 1.82) is 0 Å². The van der Waals surface area contributed by atoms with Gasteiger partial charge in [0.05, 0.1) is 20.0 Å². The van der Waals surface area contributed by atoms with Gasteiger partial charge in [0.15, 0.2) is 5.13 Å². The van der Waals surface area contributed by atoms with Gasteiger partial charge in [0, 0.05) is 62.7 Å². The van der Waals surface area contributed by atoms with E-state index in [2.05, 4.69) is 24.8 Å². The average Bonchev–Trinajstić information content (AvgIpc) is 3.38. The number of nitrogens with zero attached hydrogens (tertiary/aromatic N) is 4. The van der Waals surface area contributed by atoms with Crippen molar-refractivity contribution in [2.75, 3.05) is 48.9 Å². The van der Waals surface area contributed by atoms with Crippen LogP contribution in [-0.2, 0) is 10.0 Å². The second-order valence-corrected chi connectivity index (χ2v) is 11.7. The van der Waals surface area contributed by atoms with Gasteiger partial charge >= 0.3 is 0 Å². The number of fused-ring (bicyclic) bond motifs is 1. The molecular formula is C26H26N6O5S2. The van der Waals surface area contributed by atoms with Gasteiger partial charge in [-0.2, -0.15) is 0 Å². The molecule has 2 heterocycles. The molecule has 0 atom stereocenters. The fraction of sp³-hybridized carbons (Fsp3) is 0.231. The second-order valence-electron chi connectivity index (χ2n) is 8.99. The molecule has 3 aromatic carbocycles. The highest BCUT2D eigenvalue weighted by Gasteiger charge is 2.21. The molecule has 1 fully saturated rings. The zero-order chi connectivity index (χ0) is 27.4. The number of non-ortho nitro benzene ring substituents is 1. The highest BCUT2D eigenvalue weighted by atomic mass is 32.2. The van der Waals surface area contributed by atoms with E-state index in [1.165, 1.54) is 29.5 Å². The number of aromatic nitrogens is 1. The van der Waals surface area contributed by atoms with E-state index >= 15 is 0 Å². The summed E-state index contributed by atoms with van der Waals surface area (Å²) in [5.74, 6) is -0.227. The molecule has 0 unspecified atom stereocenters. The summed E-state index contributed by atoms with van der Waals surface area (Å²) in [5, 5.41) is 14.8. The third-order valence-electron chi connectivity index (χ3n) is 6.38. The Kier molecular flexibility index (Phi) is 7.72. The maximum atomic E-state index is 12.6. The molecule has 1 saturated heterocycles. The number of anilines is 2. The molecule has 1 amide bonds. The number of nitro benzene ring substituents is 1. The molecule has 0 radical (unpaired) electrons. The molecule has 39 heavy (non-hydrogen) atoms.